The van der Waals surface area contributed by atoms with E-state index in [0.29, 0.717) is 6.54 Å². The third kappa shape index (κ3) is 3.30. The molecule has 0 spiro atoms. The van der Waals surface area contributed by atoms with E-state index >= 15 is 0 Å². The Hall–Kier alpha value is -1.89. The molecule has 0 saturated carbocycles. The molecule has 7 nitrogen and oxygen atoms in total. The molecule has 1 aliphatic heterocycles. The van der Waals surface area contributed by atoms with Crippen molar-refractivity contribution >= 4 is 11.9 Å². The number of carbonyl (C=O) groups is 2. The fourth-order valence-corrected chi connectivity index (χ4v) is 1.80. The number of hydrogen-bond acceptors (Lipinski definition) is 4. The number of aromatic carboxylic acids is 1. The Bertz CT molecular complexity index is 437. The van der Waals surface area contributed by atoms with Gasteiger partial charge >= 0.3 is 5.97 Å². The van der Waals surface area contributed by atoms with E-state index < -0.39 is 5.97 Å². The van der Waals surface area contributed by atoms with Crippen molar-refractivity contribution in [1.29, 1.82) is 0 Å². The van der Waals surface area contributed by atoms with Gasteiger partial charge in [0.2, 0.25) is 5.91 Å². The maximum Gasteiger partial charge on any atom is 0.356 e. The first-order valence-corrected chi connectivity index (χ1v) is 5.80. The molecule has 1 saturated heterocycles. The van der Waals surface area contributed by atoms with Crippen molar-refractivity contribution in [3.63, 3.8) is 0 Å². The van der Waals surface area contributed by atoms with Gasteiger partial charge in [0, 0.05) is 19.3 Å². The lowest BCUT2D eigenvalue weighted by molar-refractivity contribution is -0.122. The van der Waals surface area contributed by atoms with E-state index in [1.54, 1.807) is 0 Å². The Kier molecular flexibility index (Phi) is 3.93. The Morgan fingerprint density at radius 1 is 1.61 bits per heavy atom. The zero-order valence-electron chi connectivity index (χ0n) is 9.83. The maximum atomic E-state index is 11.6. The number of hydrogen-bond donors (Lipinski definition) is 2. The minimum absolute atomic E-state index is 0.0139. The summed E-state index contributed by atoms with van der Waals surface area (Å²) in [4.78, 5) is 22.2. The minimum Gasteiger partial charge on any atom is -0.476 e. The molecule has 1 atom stereocenters. The second kappa shape index (κ2) is 5.63. The number of carboxylic acid groups (broad SMARTS) is 1. The Morgan fingerprint density at radius 3 is 3.06 bits per heavy atom. The largest absolute Gasteiger partial charge is 0.476 e. The third-order valence-corrected chi connectivity index (χ3v) is 2.72. The molecule has 1 amide bonds. The van der Waals surface area contributed by atoms with E-state index in [1.807, 2.05) is 0 Å². The fraction of sp³-hybridized carbons (Fsp3) is 0.545. The van der Waals surface area contributed by atoms with Crippen LogP contribution in [0.5, 0.6) is 0 Å². The van der Waals surface area contributed by atoms with Crippen LogP contribution in [-0.2, 0) is 16.1 Å². The van der Waals surface area contributed by atoms with Crippen molar-refractivity contribution in [1.82, 2.24) is 15.1 Å². The minimum atomic E-state index is -1.10. The average molecular weight is 253 g/mol. The molecule has 0 bridgehead atoms. The van der Waals surface area contributed by atoms with Crippen LogP contribution < -0.4 is 5.32 Å². The maximum absolute atomic E-state index is 11.6. The van der Waals surface area contributed by atoms with Crippen molar-refractivity contribution in [3.8, 4) is 0 Å². The SMILES string of the molecule is O=C(Cn1ccc(C(=O)O)n1)NCC1CCCO1. The highest BCUT2D eigenvalue weighted by Gasteiger charge is 2.16. The summed E-state index contributed by atoms with van der Waals surface area (Å²) in [5.41, 5.74) is -0.0677. The molecule has 1 unspecified atom stereocenters. The predicted octanol–water partition coefficient (Wildman–Crippen LogP) is -0.123. The van der Waals surface area contributed by atoms with E-state index in [0.717, 1.165) is 19.4 Å². The zero-order chi connectivity index (χ0) is 13.0. The van der Waals surface area contributed by atoms with Gasteiger partial charge in [-0.15, -0.1) is 0 Å². The molecule has 98 valence electrons. The van der Waals surface area contributed by atoms with Crippen molar-refractivity contribution in [2.75, 3.05) is 13.2 Å². The lowest BCUT2D eigenvalue weighted by Crippen LogP contribution is -2.34. The molecule has 1 fully saturated rings. The van der Waals surface area contributed by atoms with Gasteiger partial charge in [0.1, 0.15) is 6.54 Å². The molecule has 7 heteroatoms. The van der Waals surface area contributed by atoms with E-state index in [4.69, 9.17) is 9.84 Å². The molecule has 2 rings (SSSR count). The normalized spacial score (nSPS) is 18.8. The van der Waals surface area contributed by atoms with Crippen molar-refractivity contribution in [3.05, 3.63) is 18.0 Å². The van der Waals surface area contributed by atoms with Crippen molar-refractivity contribution in [2.24, 2.45) is 0 Å². The predicted molar refractivity (Wildman–Crippen MR) is 61.2 cm³/mol. The van der Waals surface area contributed by atoms with Crippen LogP contribution in [0.1, 0.15) is 23.3 Å². The Labute approximate surface area is 104 Å². The molecular formula is C11H15N3O4. The monoisotopic (exact) mass is 253 g/mol. The quantitative estimate of drug-likeness (QED) is 0.762. The molecule has 1 aromatic rings. The molecular weight excluding hydrogens is 238 g/mol. The van der Waals surface area contributed by atoms with Crippen LogP contribution in [0, 0.1) is 0 Å². The number of carboxylic acids is 1. The van der Waals surface area contributed by atoms with Gasteiger partial charge in [0.25, 0.3) is 0 Å². The Balaban J connectivity index is 1.77. The summed E-state index contributed by atoms with van der Waals surface area (Å²) in [6.45, 7) is 1.26. The smallest absolute Gasteiger partial charge is 0.356 e. The second-order valence-corrected chi connectivity index (χ2v) is 4.14. The van der Waals surface area contributed by atoms with Crippen molar-refractivity contribution in [2.45, 2.75) is 25.5 Å². The highest BCUT2D eigenvalue weighted by Crippen LogP contribution is 2.10. The Morgan fingerprint density at radius 2 is 2.44 bits per heavy atom. The molecule has 18 heavy (non-hydrogen) atoms. The number of ether oxygens (including phenoxy) is 1. The van der Waals surface area contributed by atoms with Gasteiger partial charge in [0.05, 0.1) is 6.10 Å². The third-order valence-electron chi connectivity index (χ3n) is 2.72. The van der Waals surface area contributed by atoms with E-state index in [-0.39, 0.29) is 24.2 Å². The molecule has 0 aromatic carbocycles. The van der Waals surface area contributed by atoms with Gasteiger partial charge in [-0.1, -0.05) is 0 Å². The van der Waals surface area contributed by atoms with Crippen LogP contribution in [0.4, 0.5) is 0 Å². The number of nitrogens with one attached hydrogen (secondary N) is 1. The number of carbonyl (C=O) groups excluding carboxylic acids is 1. The fourth-order valence-electron chi connectivity index (χ4n) is 1.80. The summed E-state index contributed by atoms with van der Waals surface area (Å²) in [6.07, 6.45) is 3.56. The first-order valence-electron chi connectivity index (χ1n) is 5.80. The molecule has 2 heterocycles. The standard InChI is InChI=1S/C11H15N3O4/c15-10(12-6-8-2-1-5-18-8)7-14-4-3-9(13-14)11(16)17/h3-4,8H,1-2,5-7H2,(H,12,15)(H,16,17). The summed E-state index contributed by atoms with van der Waals surface area (Å²) in [5.74, 6) is -1.31. The van der Waals surface area contributed by atoms with Gasteiger partial charge in [-0.2, -0.15) is 5.10 Å². The van der Waals surface area contributed by atoms with Crippen LogP contribution in [0.3, 0.4) is 0 Å². The highest BCUT2D eigenvalue weighted by molar-refractivity contribution is 5.85. The first-order chi connectivity index (χ1) is 8.65. The summed E-state index contributed by atoms with van der Waals surface area (Å²) in [6, 6.07) is 1.36. The van der Waals surface area contributed by atoms with Crippen LogP contribution in [0.25, 0.3) is 0 Å². The lowest BCUT2D eigenvalue weighted by atomic mass is 10.2. The lowest BCUT2D eigenvalue weighted by Gasteiger charge is -2.10. The molecule has 0 radical (unpaired) electrons. The first kappa shape index (κ1) is 12.6. The molecule has 2 N–H and O–H groups in total. The highest BCUT2D eigenvalue weighted by atomic mass is 16.5. The van der Waals surface area contributed by atoms with Gasteiger partial charge in [-0.3, -0.25) is 9.48 Å². The number of nitrogens with zero attached hydrogens (tertiary/aromatic N) is 2. The summed E-state index contributed by atoms with van der Waals surface area (Å²) in [7, 11) is 0. The van der Waals surface area contributed by atoms with Crippen LogP contribution >= 0.6 is 0 Å². The number of amides is 1. The van der Waals surface area contributed by atoms with Gasteiger partial charge in [-0.25, -0.2) is 4.79 Å². The van der Waals surface area contributed by atoms with Crippen LogP contribution in [0.15, 0.2) is 12.3 Å². The van der Waals surface area contributed by atoms with E-state index in [9.17, 15) is 9.59 Å². The topological polar surface area (TPSA) is 93.5 Å². The molecule has 1 aliphatic rings. The van der Waals surface area contributed by atoms with Crippen LogP contribution in [-0.4, -0.2) is 46.0 Å². The van der Waals surface area contributed by atoms with Crippen LogP contribution in [0.2, 0.25) is 0 Å². The summed E-state index contributed by atoms with van der Waals surface area (Å²) in [5, 5.41) is 15.2. The van der Waals surface area contributed by atoms with E-state index in [1.165, 1.54) is 16.9 Å². The number of aromatic nitrogens is 2. The second-order valence-electron chi connectivity index (χ2n) is 4.14. The van der Waals surface area contributed by atoms with Gasteiger partial charge < -0.3 is 15.2 Å². The van der Waals surface area contributed by atoms with Gasteiger partial charge in [0.15, 0.2) is 5.69 Å². The summed E-state index contributed by atoms with van der Waals surface area (Å²) >= 11 is 0. The van der Waals surface area contributed by atoms with E-state index in [2.05, 4.69) is 10.4 Å². The molecule has 1 aromatic heterocycles. The number of rotatable bonds is 5. The average Bonchev–Trinajstić information content (AvgIpc) is 2.96. The molecule has 0 aliphatic carbocycles. The zero-order valence-corrected chi connectivity index (χ0v) is 9.83. The van der Waals surface area contributed by atoms with Gasteiger partial charge in [-0.05, 0) is 18.9 Å². The van der Waals surface area contributed by atoms with Crippen molar-refractivity contribution < 1.29 is 19.4 Å². The summed E-state index contributed by atoms with van der Waals surface area (Å²) < 4.78 is 6.67.